The molecule has 0 spiro atoms. The molecule has 0 N–H and O–H groups in total. The molecule has 1 heterocycles. The minimum Gasteiger partial charge on any atom is -0.492 e. The predicted octanol–water partition coefficient (Wildman–Crippen LogP) is 4.60. The summed E-state index contributed by atoms with van der Waals surface area (Å²) in [7, 11) is 0. The Hall–Kier alpha value is -2.36. The summed E-state index contributed by atoms with van der Waals surface area (Å²) < 4.78 is 7.84. The maximum Gasteiger partial charge on any atom is 0.188 e. The van der Waals surface area contributed by atoms with Crippen molar-refractivity contribution in [3.8, 4) is 5.75 Å². The zero-order chi connectivity index (χ0) is 17.8. The molecule has 2 aliphatic carbocycles. The topological polar surface area (TPSA) is 44.1 Å². The smallest absolute Gasteiger partial charge is 0.188 e. The summed E-state index contributed by atoms with van der Waals surface area (Å²) in [4.78, 5) is 16.9. The third kappa shape index (κ3) is 3.90. The van der Waals surface area contributed by atoms with E-state index in [-0.39, 0.29) is 5.78 Å². The molecule has 26 heavy (non-hydrogen) atoms. The highest BCUT2D eigenvalue weighted by molar-refractivity contribution is 6.10. The number of benzene rings is 1. The number of ether oxygens (including phenoxy) is 1. The SMILES string of the molecule is O=C1C(=CC2CCCCC2)CCc2cc(OCCn3ccnc3)ccc21. The van der Waals surface area contributed by atoms with Gasteiger partial charge in [0.15, 0.2) is 5.78 Å². The minimum absolute atomic E-state index is 0.224. The van der Waals surface area contributed by atoms with E-state index in [9.17, 15) is 4.79 Å². The molecule has 0 saturated heterocycles. The number of Topliss-reactive ketones (excluding diaryl/α,β-unsaturated/α-hetero) is 1. The van der Waals surface area contributed by atoms with Crippen molar-refractivity contribution in [1.29, 1.82) is 0 Å². The van der Waals surface area contributed by atoms with Gasteiger partial charge >= 0.3 is 0 Å². The van der Waals surface area contributed by atoms with E-state index in [2.05, 4.69) is 11.1 Å². The number of aromatic nitrogens is 2. The Labute approximate surface area is 154 Å². The zero-order valence-corrected chi connectivity index (χ0v) is 15.2. The highest BCUT2D eigenvalue weighted by Crippen LogP contribution is 2.32. The Balaban J connectivity index is 1.41. The molecule has 0 aliphatic heterocycles. The number of hydrogen-bond donors (Lipinski definition) is 0. The van der Waals surface area contributed by atoms with Crippen LogP contribution >= 0.6 is 0 Å². The normalized spacial score (nSPS) is 19.5. The lowest BCUT2D eigenvalue weighted by atomic mass is 9.82. The van der Waals surface area contributed by atoms with Gasteiger partial charge in [-0.25, -0.2) is 4.98 Å². The molecule has 0 atom stereocenters. The molecule has 2 aliphatic rings. The number of nitrogens with zero attached hydrogens (tertiary/aromatic N) is 2. The first-order valence-corrected chi connectivity index (χ1v) is 9.76. The third-order valence-electron chi connectivity index (χ3n) is 5.54. The van der Waals surface area contributed by atoms with Gasteiger partial charge in [-0.15, -0.1) is 0 Å². The molecule has 1 saturated carbocycles. The van der Waals surface area contributed by atoms with E-state index in [1.807, 2.05) is 29.0 Å². The van der Waals surface area contributed by atoms with Crippen LogP contribution in [0.25, 0.3) is 0 Å². The summed E-state index contributed by atoms with van der Waals surface area (Å²) in [6.07, 6.45) is 16.0. The van der Waals surface area contributed by atoms with Gasteiger partial charge in [-0.1, -0.05) is 25.3 Å². The van der Waals surface area contributed by atoms with E-state index in [0.717, 1.165) is 41.8 Å². The lowest BCUT2D eigenvalue weighted by molar-refractivity contribution is 0.102. The van der Waals surface area contributed by atoms with Gasteiger partial charge < -0.3 is 9.30 Å². The van der Waals surface area contributed by atoms with E-state index < -0.39 is 0 Å². The number of aryl methyl sites for hydroxylation is 1. The highest BCUT2D eigenvalue weighted by Gasteiger charge is 2.23. The molecular weight excluding hydrogens is 324 g/mol. The van der Waals surface area contributed by atoms with E-state index >= 15 is 0 Å². The van der Waals surface area contributed by atoms with Crippen LogP contribution in [0.1, 0.15) is 54.4 Å². The second kappa shape index (κ2) is 7.90. The fourth-order valence-electron chi connectivity index (χ4n) is 4.08. The van der Waals surface area contributed by atoms with Crippen molar-refractivity contribution in [3.63, 3.8) is 0 Å². The van der Waals surface area contributed by atoms with Gasteiger partial charge in [0.1, 0.15) is 12.4 Å². The first kappa shape index (κ1) is 17.1. The third-order valence-corrected chi connectivity index (χ3v) is 5.54. The fraction of sp³-hybridized carbons (Fsp3) is 0.455. The van der Waals surface area contributed by atoms with Crippen molar-refractivity contribution in [1.82, 2.24) is 9.55 Å². The number of fused-ring (bicyclic) bond motifs is 1. The van der Waals surface area contributed by atoms with Crippen LogP contribution in [-0.2, 0) is 13.0 Å². The van der Waals surface area contributed by atoms with Crippen LogP contribution in [0, 0.1) is 5.92 Å². The summed E-state index contributed by atoms with van der Waals surface area (Å²) in [5.41, 5.74) is 3.01. The Kier molecular flexibility index (Phi) is 5.19. The van der Waals surface area contributed by atoms with Gasteiger partial charge in [-0.2, -0.15) is 0 Å². The molecule has 0 amide bonds. The van der Waals surface area contributed by atoms with Gasteiger partial charge in [0, 0.05) is 18.0 Å². The minimum atomic E-state index is 0.224. The second-order valence-corrected chi connectivity index (χ2v) is 7.39. The summed E-state index contributed by atoms with van der Waals surface area (Å²) in [5, 5.41) is 0. The molecule has 1 aromatic heterocycles. The summed E-state index contributed by atoms with van der Waals surface area (Å²) in [5.74, 6) is 1.67. The highest BCUT2D eigenvalue weighted by atomic mass is 16.5. The number of carbonyl (C=O) groups is 1. The van der Waals surface area contributed by atoms with Crippen molar-refractivity contribution in [2.45, 2.75) is 51.5 Å². The van der Waals surface area contributed by atoms with Crippen LogP contribution in [-0.4, -0.2) is 21.9 Å². The van der Waals surface area contributed by atoms with Gasteiger partial charge in [-0.3, -0.25) is 4.79 Å². The number of carbonyl (C=O) groups excluding carboxylic acids is 1. The molecule has 1 aromatic carbocycles. The molecule has 0 radical (unpaired) electrons. The van der Waals surface area contributed by atoms with Crippen molar-refractivity contribution >= 4 is 5.78 Å². The quantitative estimate of drug-likeness (QED) is 0.740. The second-order valence-electron chi connectivity index (χ2n) is 7.39. The molecule has 4 nitrogen and oxygen atoms in total. The summed E-state index contributed by atoms with van der Waals surface area (Å²) >= 11 is 0. The number of rotatable bonds is 5. The molecule has 1 fully saturated rings. The van der Waals surface area contributed by atoms with Gasteiger partial charge in [0.2, 0.25) is 0 Å². The average molecular weight is 350 g/mol. The maximum atomic E-state index is 12.9. The van der Waals surface area contributed by atoms with Crippen LogP contribution in [0.4, 0.5) is 0 Å². The van der Waals surface area contributed by atoms with Crippen LogP contribution in [0.15, 0.2) is 48.6 Å². The number of hydrogen-bond acceptors (Lipinski definition) is 3. The van der Waals surface area contributed by atoms with Crippen molar-refractivity contribution in [2.24, 2.45) is 5.92 Å². The van der Waals surface area contributed by atoms with Crippen molar-refractivity contribution in [3.05, 3.63) is 59.7 Å². The van der Waals surface area contributed by atoms with E-state index in [1.54, 1.807) is 12.5 Å². The number of allylic oxidation sites excluding steroid dienone is 2. The molecular formula is C22H26N2O2. The van der Waals surface area contributed by atoms with E-state index in [1.165, 1.54) is 32.1 Å². The Morgan fingerprint density at radius 1 is 1.19 bits per heavy atom. The maximum absolute atomic E-state index is 12.9. The van der Waals surface area contributed by atoms with Crippen LogP contribution in [0.3, 0.4) is 0 Å². The first-order valence-electron chi connectivity index (χ1n) is 9.76. The van der Waals surface area contributed by atoms with Gasteiger partial charge in [0.05, 0.1) is 12.9 Å². The van der Waals surface area contributed by atoms with E-state index in [0.29, 0.717) is 12.5 Å². The molecule has 4 rings (SSSR count). The molecule has 136 valence electrons. The summed E-state index contributed by atoms with van der Waals surface area (Å²) in [6, 6.07) is 5.91. The van der Waals surface area contributed by atoms with Crippen molar-refractivity contribution in [2.75, 3.05) is 6.61 Å². The number of ketones is 1. The zero-order valence-electron chi connectivity index (χ0n) is 15.2. The number of imidazole rings is 1. The monoisotopic (exact) mass is 350 g/mol. The lowest BCUT2D eigenvalue weighted by Gasteiger charge is -2.23. The van der Waals surface area contributed by atoms with Gasteiger partial charge in [0.25, 0.3) is 0 Å². The molecule has 0 bridgehead atoms. The first-order chi connectivity index (χ1) is 12.8. The Morgan fingerprint density at radius 2 is 2.08 bits per heavy atom. The fourth-order valence-corrected chi connectivity index (χ4v) is 4.08. The van der Waals surface area contributed by atoms with E-state index in [4.69, 9.17) is 4.74 Å². The van der Waals surface area contributed by atoms with Crippen LogP contribution < -0.4 is 4.74 Å². The average Bonchev–Trinajstić information content (AvgIpc) is 3.18. The molecule has 2 aromatic rings. The lowest BCUT2D eigenvalue weighted by Crippen LogP contribution is -2.16. The van der Waals surface area contributed by atoms with Crippen LogP contribution in [0.2, 0.25) is 0 Å². The van der Waals surface area contributed by atoms with Crippen LogP contribution in [0.5, 0.6) is 5.75 Å². The molecule has 4 heteroatoms. The van der Waals surface area contributed by atoms with Gasteiger partial charge in [-0.05, 0) is 60.9 Å². The predicted molar refractivity (Wildman–Crippen MR) is 101 cm³/mol. The summed E-state index contributed by atoms with van der Waals surface area (Å²) in [6.45, 7) is 1.36. The Bertz CT molecular complexity index is 786. The Morgan fingerprint density at radius 3 is 2.88 bits per heavy atom. The van der Waals surface area contributed by atoms with Crippen molar-refractivity contribution < 1.29 is 9.53 Å². The standard InChI is InChI=1S/C22H26N2O2/c25-22-19(14-17-4-2-1-3-5-17)7-6-18-15-20(8-9-21(18)22)26-13-12-24-11-10-23-16-24/h8-11,14-17H,1-7,12-13H2. The molecule has 0 unspecified atom stereocenters. The largest absolute Gasteiger partial charge is 0.492 e.